The summed E-state index contributed by atoms with van der Waals surface area (Å²) in [5.74, 6) is 0. The quantitative estimate of drug-likeness (QED) is 0.585. The highest BCUT2D eigenvalue weighted by Crippen LogP contribution is 2.37. The van der Waals surface area contributed by atoms with E-state index in [1.54, 1.807) is 0 Å². The summed E-state index contributed by atoms with van der Waals surface area (Å²) < 4.78 is 74.1. The molecule has 7 heteroatoms. The summed E-state index contributed by atoms with van der Waals surface area (Å²) in [6, 6.07) is 1.20. The van der Waals surface area contributed by atoms with E-state index < -0.39 is 35.5 Å². The van der Waals surface area contributed by atoms with Gasteiger partial charge in [-0.15, -0.1) is 0 Å². The molecule has 1 aromatic carbocycles. The molecule has 0 saturated heterocycles. The van der Waals surface area contributed by atoms with Gasteiger partial charge in [0.25, 0.3) is 0 Å². The zero-order valence-electron chi connectivity index (χ0n) is 8.19. The Hall–Kier alpha value is -1.53. The molecule has 1 aromatic rings. The maximum absolute atomic E-state index is 12.5. The van der Waals surface area contributed by atoms with Crippen LogP contribution in [-0.4, -0.2) is 6.29 Å². The molecule has 0 aromatic heterocycles. The standard InChI is InChI=1S/C10H6F6O/c11-9(12,13)7-2-1-6(3-4-17)8(5-7)10(14,15)16/h1-2,4-5H,3H2. The summed E-state index contributed by atoms with van der Waals surface area (Å²) in [6.45, 7) is 0. The monoisotopic (exact) mass is 256 g/mol. The van der Waals surface area contributed by atoms with E-state index in [-0.39, 0.29) is 12.4 Å². The fourth-order valence-electron chi connectivity index (χ4n) is 1.28. The number of rotatable bonds is 2. The van der Waals surface area contributed by atoms with Crippen LogP contribution in [0.25, 0.3) is 0 Å². The summed E-state index contributed by atoms with van der Waals surface area (Å²) in [7, 11) is 0. The second-order valence-electron chi connectivity index (χ2n) is 3.24. The fourth-order valence-corrected chi connectivity index (χ4v) is 1.28. The molecule has 94 valence electrons. The lowest BCUT2D eigenvalue weighted by Crippen LogP contribution is -2.13. The number of benzene rings is 1. The van der Waals surface area contributed by atoms with Gasteiger partial charge in [0.2, 0.25) is 0 Å². The molecule has 0 fully saturated rings. The van der Waals surface area contributed by atoms with Crippen LogP contribution in [0.1, 0.15) is 16.7 Å². The zero-order valence-corrected chi connectivity index (χ0v) is 8.19. The molecule has 0 N–H and O–H groups in total. The van der Waals surface area contributed by atoms with E-state index in [0.29, 0.717) is 12.1 Å². The average Bonchev–Trinajstić information content (AvgIpc) is 2.15. The Kier molecular flexibility index (Phi) is 3.49. The van der Waals surface area contributed by atoms with Gasteiger partial charge in [-0.2, -0.15) is 26.3 Å². The molecule has 17 heavy (non-hydrogen) atoms. The fraction of sp³-hybridized carbons (Fsp3) is 0.300. The molecule has 0 aliphatic rings. The Bertz CT molecular complexity index is 418. The lowest BCUT2D eigenvalue weighted by molar-refractivity contribution is -0.143. The van der Waals surface area contributed by atoms with Gasteiger partial charge in [-0.3, -0.25) is 0 Å². The predicted molar refractivity (Wildman–Crippen MR) is 46.2 cm³/mol. The van der Waals surface area contributed by atoms with Gasteiger partial charge < -0.3 is 4.79 Å². The minimum absolute atomic E-state index is 0.0127. The van der Waals surface area contributed by atoms with Gasteiger partial charge in [0.1, 0.15) is 6.29 Å². The van der Waals surface area contributed by atoms with Gasteiger partial charge in [-0.1, -0.05) is 6.07 Å². The van der Waals surface area contributed by atoms with Gasteiger partial charge in [-0.05, 0) is 17.7 Å². The Morgan fingerprint density at radius 3 is 2.00 bits per heavy atom. The van der Waals surface area contributed by atoms with Crippen LogP contribution in [0.3, 0.4) is 0 Å². The number of hydrogen-bond acceptors (Lipinski definition) is 1. The van der Waals surface area contributed by atoms with Crippen molar-refractivity contribution in [1.82, 2.24) is 0 Å². The van der Waals surface area contributed by atoms with Gasteiger partial charge in [0.05, 0.1) is 11.1 Å². The largest absolute Gasteiger partial charge is 0.416 e. The number of halogens is 6. The van der Waals surface area contributed by atoms with Crippen LogP contribution in [0.15, 0.2) is 18.2 Å². The Balaban J connectivity index is 3.34. The second-order valence-corrected chi connectivity index (χ2v) is 3.24. The van der Waals surface area contributed by atoms with Crippen molar-refractivity contribution in [3.05, 3.63) is 34.9 Å². The summed E-state index contributed by atoms with van der Waals surface area (Å²) in [4.78, 5) is 10.1. The molecule has 0 amide bonds. The van der Waals surface area contributed by atoms with Crippen LogP contribution in [-0.2, 0) is 23.6 Å². The van der Waals surface area contributed by atoms with Crippen LogP contribution >= 0.6 is 0 Å². The van der Waals surface area contributed by atoms with Crippen LogP contribution in [0.5, 0.6) is 0 Å². The number of carbonyl (C=O) groups is 1. The maximum atomic E-state index is 12.5. The molecule has 0 saturated carbocycles. The molecule has 1 rings (SSSR count). The first kappa shape index (κ1) is 13.5. The molecule has 0 aliphatic carbocycles. The van der Waals surface area contributed by atoms with Crippen molar-refractivity contribution in [2.75, 3.05) is 0 Å². The normalized spacial score (nSPS) is 12.6. The second kappa shape index (κ2) is 4.38. The van der Waals surface area contributed by atoms with E-state index in [2.05, 4.69) is 0 Å². The van der Waals surface area contributed by atoms with Crippen LogP contribution < -0.4 is 0 Å². The lowest BCUT2D eigenvalue weighted by atomic mass is 10.0. The van der Waals surface area contributed by atoms with E-state index >= 15 is 0 Å². The molecule has 0 aliphatic heterocycles. The molecule has 0 spiro atoms. The topological polar surface area (TPSA) is 17.1 Å². The predicted octanol–water partition coefficient (Wildman–Crippen LogP) is 3.47. The average molecular weight is 256 g/mol. The van der Waals surface area contributed by atoms with Crippen molar-refractivity contribution >= 4 is 6.29 Å². The van der Waals surface area contributed by atoms with Gasteiger partial charge in [-0.25, -0.2) is 0 Å². The first-order valence-electron chi connectivity index (χ1n) is 4.37. The van der Waals surface area contributed by atoms with Gasteiger partial charge >= 0.3 is 12.4 Å². The molecule has 0 heterocycles. The molecule has 1 nitrogen and oxygen atoms in total. The Morgan fingerprint density at radius 1 is 1.00 bits per heavy atom. The van der Waals surface area contributed by atoms with E-state index in [1.165, 1.54) is 0 Å². The third kappa shape index (κ3) is 3.21. The minimum Gasteiger partial charge on any atom is -0.303 e. The van der Waals surface area contributed by atoms with Gasteiger partial charge in [0, 0.05) is 6.42 Å². The molecule has 0 radical (unpaired) electrons. The summed E-state index contributed by atoms with van der Waals surface area (Å²) in [5, 5.41) is 0. The highest BCUT2D eigenvalue weighted by molar-refractivity contribution is 5.57. The Labute approximate surface area is 92.0 Å². The third-order valence-corrected chi connectivity index (χ3v) is 2.05. The Morgan fingerprint density at radius 2 is 1.59 bits per heavy atom. The van der Waals surface area contributed by atoms with Crippen molar-refractivity contribution in [1.29, 1.82) is 0 Å². The smallest absolute Gasteiger partial charge is 0.303 e. The first-order chi connectivity index (χ1) is 7.66. The third-order valence-electron chi connectivity index (χ3n) is 2.05. The highest BCUT2D eigenvalue weighted by atomic mass is 19.4. The first-order valence-corrected chi connectivity index (χ1v) is 4.37. The highest BCUT2D eigenvalue weighted by Gasteiger charge is 2.37. The van der Waals surface area contributed by atoms with Crippen LogP contribution in [0.2, 0.25) is 0 Å². The van der Waals surface area contributed by atoms with Crippen molar-refractivity contribution in [2.24, 2.45) is 0 Å². The molecule has 0 bridgehead atoms. The number of aldehydes is 1. The van der Waals surface area contributed by atoms with Crippen molar-refractivity contribution in [2.45, 2.75) is 18.8 Å². The molecular formula is C10H6F6O. The van der Waals surface area contributed by atoms with Crippen molar-refractivity contribution in [3.8, 4) is 0 Å². The zero-order chi connectivity index (χ0) is 13.3. The van der Waals surface area contributed by atoms with Crippen molar-refractivity contribution in [3.63, 3.8) is 0 Å². The molecular weight excluding hydrogens is 250 g/mol. The van der Waals surface area contributed by atoms with E-state index in [0.717, 1.165) is 0 Å². The van der Waals surface area contributed by atoms with E-state index in [9.17, 15) is 31.1 Å². The maximum Gasteiger partial charge on any atom is 0.416 e. The van der Waals surface area contributed by atoms with Gasteiger partial charge in [0.15, 0.2) is 0 Å². The summed E-state index contributed by atoms with van der Waals surface area (Å²) in [6.07, 6.45) is -10.1. The molecule has 0 unspecified atom stereocenters. The number of hydrogen-bond donors (Lipinski definition) is 0. The minimum atomic E-state index is -4.92. The van der Waals surface area contributed by atoms with E-state index in [1.807, 2.05) is 0 Å². The van der Waals surface area contributed by atoms with Crippen LogP contribution in [0, 0.1) is 0 Å². The summed E-state index contributed by atoms with van der Waals surface area (Å²) >= 11 is 0. The lowest BCUT2D eigenvalue weighted by Gasteiger charge is -2.14. The SMILES string of the molecule is O=CCc1ccc(C(F)(F)F)cc1C(F)(F)F. The van der Waals surface area contributed by atoms with Crippen molar-refractivity contribution < 1.29 is 31.1 Å². The number of alkyl halides is 6. The summed E-state index contributed by atoms with van der Waals surface area (Å²) in [5.41, 5.74) is -3.29. The number of carbonyl (C=O) groups excluding carboxylic acids is 1. The molecule has 0 atom stereocenters. The van der Waals surface area contributed by atoms with Crippen LogP contribution in [0.4, 0.5) is 26.3 Å². The van der Waals surface area contributed by atoms with E-state index in [4.69, 9.17) is 0 Å².